The average Bonchev–Trinajstić information content (AvgIpc) is 2.59. The van der Waals surface area contributed by atoms with E-state index < -0.39 is 29.3 Å². The van der Waals surface area contributed by atoms with Gasteiger partial charge in [-0.1, -0.05) is 18.2 Å². The Morgan fingerprint density at radius 3 is 2.33 bits per heavy atom. The lowest BCUT2D eigenvalue weighted by Crippen LogP contribution is -2.18. The quantitative estimate of drug-likeness (QED) is 0.519. The van der Waals surface area contributed by atoms with Crippen molar-refractivity contribution < 1.29 is 33.4 Å². The molecule has 0 radical (unpaired) electrons. The van der Waals surface area contributed by atoms with E-state index in [1.165, 1.54) is 14.0 Å². The van der Waals surface area contributed by atoms with Gasteiger partial charge in [0.1, 0.15) is 5.78 Å². The Hall–Kier alpha value is -2.35. The molecule has 0 N–H and O–H groups in total. The van der Waals surface area contributed by atoms with Crippen molar-refractivity contribution in [3.05, 3.63) is 35.9 Å². The Balaban J connectivity index is 2.26. The predicted octanol–water partition coefficient (Wildman–Crippen LogP) is 2.58. The van der Waals surface area contributed by atoms with Gasteiger partial charge in [0.05, 0.1) is 24.3 Å². The number of methoxy groups -OCH3 is 1. The molecule has 0 spiro atoms. The van der Waals surface area contributed by atoms with Crippen molar-refractivity contribution in [2.24, 2.45) is 0 Å². The molecular weight excluding hydrogens is 336 g/mol. The first-order chi connectivity index (χ1) is 11.4. The zero-order chi connectivity index (χ0) is 17.9. The SMILES string of the molecule is COC(=O)CCC(=O)C(C)SC(=O)OCOC(=O)c1ccccc1. The number of hydrogen-bond donors (Lipinski definition) is 0. The van der Waals surface area contributed by atoms with Crippen LogP contribution in [0, 0.1) is 0 Å². The molecule has 0 fully saturated rings. The third-order valence-electron chi connectivity index (χ3n) is 2.91. The molecule has 8 heteroatoms. The summed E-state index contributed by atoms with van der Waals surface area (Å²) in [6, 6.07) is 8.26. The lowest BCUT2D eigenvalue weighted by molar-refractivity contribution is -0.141. The van der Waals surface area contributed by atoms with E-state index in [1.807, 2.05) is 0 Å². The Morgan fingerprint density at radius 1 is 1.04 bits per heavy atom. The normalized spacial score (nSPS) is 11.2. The summed E-state index contributed by atoms with van der Waals surface area (Å²) in [6.45, 7) is 0.990. The van der Waals surface area contributed by atoms with Gasteiger partial charge in [0.25, 0.3) is 0 Å². The van der Waals surface area contributed by atoms with Crippen LogP contribution in [0.1, 0.15) is 30.1 Å². The van der Waals surface area contributed by atoms with E-state index in [4.69, 9.17) is 9.47 Å². The maximum Gasteiger partial charge on any atom is 0.370 e. The second kappa shape index (κ2) is 10.4. The average molecular weight is 354 g/mol. The van der Waals surface area contributed by atoms with E-state index in [0.717, 1.165) is 0 Å². The number of carbonyl (C=O) groups excluding carboxylic acids is 4. The number of esters is 2. The van der Waals surface area contributed by atoms with E-state index in [0.29, 0.717) is 17.3 Å². The fourth-order valence-corrected chi connectivity index (χ4v) is 2.22. The molecule has 0 aromatic heterocycles. The molecule has 24 heavy (non-hydrogen) atoms. The van der Waals surface area contributed by atoms with Gasteiger partial charge in [0, 0.05) is 6.42 Å². The highest BCUT2D eigenvalue weighted by Gasteiger charge is 2.20. The summed E-state index contributed by atoms with van der Waals surface area (Å²) >= 11 is 0.660. The number of thioether (sulfide) groups is 1. The molecule has 0 saturated heterocycles. The van der Waals surface area contributed by atoms with Crippen LogP contribution in [0.2, 0.25) is 0 Å². The molecule has 0 heterocycles. The maximum absolute atomic E-state index is 11.7. The van der Waals surface area contributed by atoms with E-state index in [1.54, 1.807) is 30.3 Å². The lowest BCUT2D eigenvalue weighted by atomic mass is 10.2. The van der Waals surface area contributed by atoms with E-state index >= 15 is 0 Å². The Kier molecular flexibility index (Phi) is 8.56. The monoisotopic (exact) mass is 354 g/mol. The van der Waals surface area contributed by atoms with Crippen LogP contribution >= 0.6 is 11.8 Å². The third-order valence-corrected chi connectivity index (χ3v) is 3.83. The smallest absolute Gasteiger partial charge is 0.370 e. The number of benzene rings is 1. The predicted molar refractivity (Wildman–Crippen MR) is 86.5 cm³/mol. The topological polar surface area (TPSA) is 96.0 Å². The largest absolute Gasteiger partial charge is 0.469 e. The van der Waals surface area contributed by atoms with Gasteiger partial charge in [-0.05, 0) is 30.8 Å². The summed E-state index contributed by atoms with van der Waals surface area (Å²) in [5, 5.41) is -1.42. The number of carbonyl (C=O) groups is 4. The van der Waals surface area contributed by atoms with Crippen LogP contribution in [0.3, 0.4) is 0 Å². The zero-order valence-corrected chi connectivity index (χ0v) is 14.2. The first kappa shape index (κ1) is 19.7. The van der Waals surface area contributed by atoms with E-state index in [-0.39, 0.29) is 18.6 Å². The molecule has 0 aliphatic rings. The van der Waals surface area contributed by atoms with Crippen LogP contribution in [0.25, 0.3) is 0 Å². The molecule has 130 valence electrons. The minimum atomic E-state index is -0.741. The van der Waals surface area contributed by atoms with Gasteiger partial charge in [0.15, 0.2) is 0 Å². The van der Waals surface area contributed by atoms with E-state index in [2.05, 4.69) is 4.74 Å². The van der Waals surface area contributed by atoms with Gasteiger partial charge in [-0.3, -0.25) is 9.59 Å². The van der Waals surface area contributed by atoms with Gasteiger partial charge < -0.3 is 14.2 Å². The molecular formula is C16H18O7S. The third kappa shape index (κ3) is 7.28. The lowest BCUT2D eigenvalue weighted by Gasteiger charge is -2.09. The molecule has 1 unspecified atom stereocenters. The van der Waals surface area contributed by atoms with Crippen LogP contribution in [-0.2, 0) is 23.8 Å². The zero-order valence-electron chi connectivity index (χ0n) is 13.4. The number of rotatable bonds is 8. The minimum Gasteiger partial charge on any atom is -0.469 e. The Labute approximate surface area is 143 Å². The second-order valence-corrected chi connectivity index (χ2v) is 5.89. The number of ketones is 1. The van der Waals surface area contributed by atoms with Crippen LogP contribution in [0.15, 0.2) is 30.3 Å². The van der Waals surface area contributed by atoms with Crippen molar-refractivity contribution in [2.75, 3.05) is 13.9 Å². The summed E-state index contributed by atoms with van der Waals surface area (Å²) in [5.41, 5.74) is 0.340. The minimum absolute atomic E-state index is 0.0168. The van der Waals surface area contributed by atoms with Gasteiger partial charge >= 0.3 is 17.2 Å². The standard InChI is InChI=1S/C16H18O7S/c1-11(13(17)8-9-14(18)21-2)24-16(20)23-10-22-15(19)12-6-4-3-5-7-12/h3-7,11H,8-10H2,1-2H3. The van der Waals surface area contributed by atoms with Crippen LogP contribution in [-0.4, -0.2) is 42.2 Å². The second-order valence-electron chi connectivity index (χ2n) is 4.61. The number of ether oxygens (including phenoxy) is 3. The fourth-order valence-electron chi connectivity index (χ4n) is 1.56. The first-order valence-corrected chi connectivity index (χ1v) is 7.97. The highest BCUT2D eigenvalue weighted by atomic mass is 32.2. The van der Waals surface area contributed by atoms with Crippen molar-refractivity contribution >= 4 is 34.8 Å². The fraction of sp³-hybridized carbons (Fsp3) is 0.375. The highest BCUT2D eigenvalue weighted by molar-refractivity contribution is 8.14. The molecule has 1 atom stereocenters. The molecule has 0 aliphatic heterocycles. The summed E-state index contributed by atoms with van der Waals surface area (Å²) in [6.07, 6.45) is -0.0545. The van der Waals surface area contributed by atoms with Crippen molar-refractivity contribution in [1.29, 1.82) is 0 Å². The van der Waals surface area contributed by atoms with E-state index in [9.17, 15) is 19.2 Å². The van der Waals surface area contributed by atoms with Gasteiger partial charge in [-0.15, -0.1) is 0 Å². The summed E-state index contributed by atoms with van der Waals surface area (Å²) in [7, 11) is 1.24. The molecule has 1 aromatic rings. The molecule has 0 amide bonds. The maximum atomic E-state index is 11.7. The molecule has 0 saturated carbocycles. The van der Waals surface area contributed by atoms with Crippen molar-refractivity contribution in [3.8, 4) is 0 Å². The summed E-state index contributed by atoms with van der Waals surface area (Å²) < 4.78 is 14.0. The molecule has 0 aliphatic carbocycles. The van der Waals surface area contributed by atoms with Crippen LogP contribution in [0.4, 0.5) is 4.79 Å². The van der Waals surface area contributed by atoms with Crippen molar-refractivity contribution in [3.63, 3.8) is 0 Å². The molecule has 0 bridgehead atoms. The van der Waals surface area contributed by atoms with Crippen LogP contribution < -0.4 is 0 Å². The number of hydrogen-bond acceptors (Lipinski definition) is 8. The molecule has 1 aromatic carbocycles. The van der Waals surface area contributed by atoms with Gasteiger partial charge in [-0.2, -0.15) is 0 Å². The van der Waals surface area contributed by atoms with Crippen molar-refractivity contribution in [2.45, 2.75) is 25.0 Å². The van der Waals surface area contributed by atoms with Crippen molar-refractivity contribution in [1.82, 2.24) is 0 Å². The number of Topliss-reactive ketones (excluding diaryl/α,β-unsaturated/α-hetero) is 1. The highest BCUT2D eigenvalue weighted by Crippen LogP contribution is 2.17. The van der Waals surface area contributed by atoms with Gasteiger partial charge in [-0.25, -0.2) is 9.59 Å². The molecule has 1 rings (SSSR count). The Bertz CT molecular complexity index is 585. The first-order valence-electron chi connectivity index (χ1n) is 7.09. The molecule has 7 nitrogen and oxygen atoms in total. The summed E-state index contributed by atoms with van der Waals surface area (Å²) in [4.78, 5) is 45.9. The van der Waals surface area contributed by atoms with Crippen LogP contribution in [0.5, 0.6) is 0 Å². The Morgan fingerprint density at radius 2 is 1.71 bits per heavy atom. The summed E-state index contributed by atoms with van der Waals surface area (Å²) in [5.74, 6) is -1.38. The van der Waals surface area contributed by atoms with Gasteiger partial charge in [0.2, 0.25) is 6.79 Å².